The number of hydrogen-bond acceptors (Lipinski definition) is 7. The minimum absolute atomic E-state index is 0.0464. The number of halogens is 1. The summed E-state index contributed by atoms with van der Waals surface area (Å²) in [5, 5.41) is 28.1. The second-order valence-corrected chi connectivity index (χ2v) is 6.43. The molecule has 3 N–H and O–H groups in total. The van der Waals surface area contributed by atoms with Gasteiger partial charge in [-0.2, -0.15) is 5.10 Å². The minimum atomic E-state index is -1.06. The van der Waals surface area contributed by atoms with Crippen molar-refractivity contribution >= 4 is 51.0 Å². The third-order valence-corrected chi connectivity index (χ3v) is 4.54. The van der Waals surface area contributed by atoms with E-state index >= 15 is 0 Å². The van der Waals surface area contributed by atoms with E-state index in [1.165, 1.54) is 19.4 Å². The Morgan fingerprint density at radius 2 is 2.30 bits per heavy atom. The summed E-state index contributed by atoms with van der Waals surface area (Å²) in [6.07, 6.45) is 1.10. The van der Waals surface area contributed by atoms with Crippen molar-refractivity contribution in [2.24, 2.45) is 10.2 Å². The van der Waals surface area contributed by atoms with Crippen LogP contribution >= 0.6 is 27.7 Å². The van der Waals surface area contributed by atoms with Gasteiger partial charge in [0.1, 0.15) is 5.25 Å². The number of aromatic hydroxyl groups is 1. The fourth-order valence-corrected chi connectivity index (χ4v) is 3.05. The number of amidine groups is 1. The van der Waals surface area contributed by atoms with E-state index in [4.69, 9.17) is 9.84 Å². The highest BCUT2D eigenvalue weighted by Gasteiger charge is 2.32. The molecule has 1 aromatic carbocycles. The van der Waals surface area contributed by atoms with E-state index < -0.39 is 17.1 Å². The Bertz CT molecular complexity index is 707. The number of methoxy groups -OCH3 is 1. The Morgan fingerprint density at radius 1 is 1.57 bits per heavy atom. The Labute approximate surface area is 143 Å². The van der Waals surface area contributed by atoms with Crippen molar-refractivity contribution in [1.29, 1.82) is 0 Å². The van der Waals surface area contributed by atoms with Crippen molar-refractivity contribution < 1.29 is 24.5 Å². The number of carbonyl (C=O) groups is 2. The molecule has 1 heterocycles. The topological polar surface area (TPSA) is 121 Å². The zero-order valence-electron chi connectivity index (χ0n) is 11.8. The summed E-state index contributed by atoms with van der Waals surface area (Å²) in [6.45, 7) is 0. The minimum Gasteiger partial charge on any atom is -0.504 e. The molecule has 1 aliphatic heterocycles. The molecule has 8 nitrogen and oxygen atoms in total. The number of ether oxygens (including phenoxy) is 1. The zero-order valence-corrected chi connectivity index (χ0v) is 14.2. The number of amides is 1. The van der Waals surface area contributed by atoms with Gasteiger partial charge in [-0.3, -0.25) is 9.59 Å². The molecule has 1 fully saturated rings. The Morgan fingerprint density at radius 3 is 2.96 bits per heavy atom. The first-order valence-corrected chi connectivity index (χ1v) is 7.94. The number of carboxylic acids is 1. The first kappa shape index (κ1) is 17.3. The zero-order chi connectivity index (χ0) is 17.0. The largest absolute Gasteiger partial charge is 0.504 e. The van der Waals surface area contributed by atoms with Gasteiger partial charge in [0.05, 0.1) is 19.7 Å². The molecule has 10 heteroatoms. The van der Waals surface area contributed by atoms with E-state index in [1.54, 1.807) is 6.07 Å². The van der Waals surface area contributed by atoms with Crippen LogP contribution in [0, 0.1) is 0 Å². The molecule has 0 aliphatic carbocycles. The van der Waals surface area contributed by atoms with Crippen molar-refractivity contribution in [2.45, 2.75) is 11.7 Å². The predicted octanol–water partition coefficient (Wildman–Crippen LogP) is 1.56. The van der Waals surface area contributed by atoms with E-state index in [2.05, 4.69) is 31.4 Å². The van der Waals surface area contributed by atoms with Crippen molar-refractivity contribution in [3.05, 3.63) is 22.2 Å². The third-order valence-electron chi connectivity index (χ3n) is 2.78. The molecule has 1 aliphatic rings. The molecule has 1 atom stereocenters. The maximum absolute atomic E-state index is 11.5. The van der Waals surface area contributed by atoms with Gasteiger partial charge < -0.3 is 20.3 Å². The van der Waals surface area contributed by atoms with Gasteiger partial charge in [0.25, 0.3) is 0 Å². The van der Waals surface area contributed by atoms with Crippen LogP contribution in [0.3, 0.4) is 0 Å². The Balaban J connectivity index is 2.08. The molecule has 0 radical (unpaired) electrons. The van der Waals surface area contributed by atoms with Crippen LogP contribution in [0.15, 0.2) is 26.8 Å². The lowest BCUT2D eigenvalue weighted by Crippen LogP contribution is -2.26. The Hall–Kier alpha value is -2.07. The lowest BCUT2D eigenvalue weighted by molar-refractivity contribution is -0.138. The molecule has 122 valence electrons. The van der Waals surface area contributed by atoms with Gasteiger partial charge in [-0.05, 0) is 28.1 Å². The van der Waals surface area contributed by atoms with Crippen molar-refractivity contribution in [3.8, 4) is 11.5 Å². The Kier molecular flexibility index (Phi) is 5.61. The molecular formula is C13H12BrN3O5S. The third kappa shape index (κ3) is 4.45. The number of phenols is 1. The summed E-state index contributed by atoms with van der Waals surface area (Å²) in [5.41, 5.74) is 0.559. The molecule has 23 heavy (non-hydrogen) atoms. The van der Waals surface area contributed by atoms with Gasteiger partial charge in [0.2, 0.25) is 5.91 Å². The molecule has 1 amide bonds. The van der Waals surface area contributed by atoms with Gasteiger partial charge in [-0.1, -0.05) is 11.8 Å². The van der Waals surface area contributed by atoms with Crippen molar-refractivity contribution in [1.82, 2.24) is 5.32 Å². The van der Waals surface area contributed by atoms with Gasteiger partial charge in [0, 0.05) is 10.0 Å². The number of thioether (sulfide) groups is 1. The first-order valence-electron chi connectivity index (χ1n) is 6.27. The molecule has 0 saturated carbocycles. The average molecular weight is 402 g/mol. The van der Waals surface area contributed by atoms with Crippen molar-refractivity contribution in [2.75, 3.05) is 7.11 Å². The standard InChI is InChI=1S/C13H12BrN3O5S/c1-22-9-3-7(14)6(2-8(9)18)5-15-17-13-16-12(21)10(23-13)4-11(19)20/h2-3,5,10,18H,4H2,1H3,(H,19,20)(H,16,17,21). The van der Waals surface area contributed by atoms with Crippen LogP contribution in [-0.4, -0.2) is 45.8 Å². The van der Waals surface area contributed by atoms with E-state index in [1.807, 2.05) is 0 Å². The normalized spacial score (nSPS) is 19.3. The summed E-state index contributed by atoms with van der Waals surface area (Å²) < 4.78 is 5.61. The summed E-state index contributed by atoms with van der Waals surface area (Å²) in [4.78, 5) is 22.2. The number of aliphatic carboxylic acids is 1. The summed E-state index contributed by atoms with van der Waals surface area (Å²) in [5.74, 6) is -1.19. The van der Waals surface area contributed by atoms with Crippen LogP contribution in [0.5, 0.6) is 11.5 Å². The number of hydrogen-bond donors (Lipinski definition) is 3. The molecule has 0 bridgehead atoms. The van der Waals surface area contributed by atoms with Crippen LogP contribution in [0.25, 0.3) is 0 Å². The number of nitrogens with one attached hydrogen (secondary N) is 1. The average Bonchev–Trinajstić information content (AvgIpc) is 2.81. The van der Waals surface area contributed by atoms with Gasteiger partial charge in [-0.25, -0.2) is 0 Å². The molecule has 1 unspecified atom stereocenters. The summed E-state index contributed by atoms with van der Waals surface area (Å²) in [6, 6.07) is 3.03. The molecule has 1 aromatic rings. The monoisotopic (exact) mass is 401 g/mol. The van der Waals surface area contributed by atoms with Crippen LogP contribution in [0.1, 0.15) is 12.0 Å². The molecule has 2 rings (SSSR count). The molecule has 0 spiro atoms. The fourth-order valence-electron chi connectivity index (χ4n) is 1.71. The SMILES string of the molecule is COc1cc(Br)c(C=NN=C2NC(=O)C(CC(=O)O)S2)cc1O. The highest BCUT2D eigenvalue weighted by Crippen LogP contribution is 2.31. The number of rotatable bonds is 5. The van der Waals surface area contributed by atoms with Crippen LogP contribution in [0.4, 0.5) is 0 Å². The number of benzene rings is 1. The summed E-state index contributed by atoms with van der Waals surface area (Å²) in [7, 11) is 1.44. The first-order chi connectivity index (χ1) is 10.9. The number of carboxylic acid groups (broad SMARTS) is 1. The van der Waals surface area contributed by atoms with Gasteiger partial charge in [0.15, 0.2) is 16.7 Å². The smallest absolute Gasteiger partial charge is 0.305 e. The quantitative estimate of drug-likeness (QED) is 0.508. The lowest BCUT2D eigenvalue weighted by Gasteiger charge is -2.05. The number of phenolic OH excluding ortho intramolecular Hbond substituents is 1. The van der Waals surface area contributed by atoms with Crippen molar-refractivity contribution in [3.63, 3.8) is 0 Å². The fraction of sp³-hybridized carbons (Fsp3) is 0.231. The highest BCUT2D eigenvalue weighted by molar-refractivity contribution is 9.10. The molecule has 1 saturated heterocycles. The molecular weight excluding hydrogens is 390 g/mol. The predicted molar refractivity (Wildman–Crippen MR) is 89.2 cm³/mol. The highest BCUT2D eigenvalue weighted by atomic mass is 79.9. The second kappa shape index (κ2) is 7.47. The maximum Gasteiger partial charge on any atom is 0.305 e. The van der Waals surface area contributed by atoms with E-state index in [0.29, 0.717) is 15.8 Å². The van der Waals surface area contributed by atoms with Crippen LogP contribution < -0.4 is 10.1 Å². The number of nitrogens with zero attached hydrogens (tertiary/aromatic N) is 2. The summed E-state index contributed by atoms with van der Waals surface area (Å²) >= 11 is 4.32. The number of carbonyl (C=O) groups excluding carboxylic acids is 1. The van der Waals surface area contributed by atoms with Crippen LogP contribution in [0.2, 0.25) is 0 Å². The lowest BCUT2D eigenvalue weighted by atomic mass is 10.2. The molecule has 0 aromatic heterocycles. The van der Waals surface area contributed by atoms with Gasteiger partial charge >= 0.3 is 5.97 Å². The van der Waals surface area contributed by atoms with Crippen LogP contribution in [-0.2, 0) is 9.59 Å². The van der Waals surface area contributed by atoms with E-state index in [9.17, 15) is 14.7 Å². The second-order valence-electron chi connectivity index (χ2n) is 4.39. The van der Waals surface area contributed by atoms with E-state index in [0.717, 1.165) is 11.8 Å². The van der Waals surface area contributed by atoms with E-state index in [-0.39, 0.29) is 17.3 Å². The van der Waals surface area contributed by atoms with Gasteiger partial charge in [-0.15, -0.1) is 5.10 Å². The maximum atomic E-state index is 11.5.